The van der Waals surface area contributed by atoms with Gasteiger partial charge in [-0.25, -0.2) is 0 Å². The van der Waals surface area contributed by atoms with E-state index < -0.39 is 6.10 Å². The Bertz CT molecular complexity index is 606. The maximum absolute atomic E-state index is 10.5. The molecule has 0 saturated carbocycles. The molecule has 2 N–H and O–H groups in total. The minimum absolute atomic E-state index is 0.0530. The zero-order valence-electron chi connectivity index (χ0n) is 13.6. The van der Waals surface area contributed by atoms with Gasteiger partial charge in [0.2, 0.25) is 0 Å². The summed E-state index contributed by atoms with van der Waals surface area (Å²) in [5.41, 5.74) is 2.09. The van der Waals surface area contributed by atoms with E-state index in [2.05, 4.69) is 36.2 Å². The van der Waals surface area contributed by atoms with Crippen LogP contribution in [0.2, 0.25) is 0 Å². The molecule has 0 bridgehead atoms. The molecule has 2 aromatic carbocycles. The summed E-state index contributed by atoms with van der Waals surface area (Å²) in [7, 11) is 0. The quantitative estimate of drug-likeness (QED) is 0.710. The molecule has 0 aliphatic carbocycles. The Balaban J connectivity index is 2.01. The third-order valence-corrected chi connectivity index (χ3v) is 3.83. The number of nitrogens with one attached hydrogen (secondary N) is 1. The molecule has 2 heteroatoms. The number of benzene rings is 2. The first-order valence-electron chi connectivity index (χ1n) is 8.04. The molecule has 0 unspecified atom stereocenters. The first-order chi connectivity index (χ1) is 11.2. The molecular weight excluding hydrogens is 282 g/mol. The molecule has 23 heavy (non-hydrogen) atoms. The van der Waals surface area contributed by atoms with Crippen LogP contribution in [-0.2, 0) is 0 Å². The van der Waals surface area contributed by atoms with Gasteiger partial charge in [0.15, 0.2) is 0 Å². The van der Waals surface area contributed by atoms with E-state index >= 15 is 0 Å². The number of aliphatic hydroxyl groups is 1. The largest absolute Gasteiger partial charge is 0.387 e. The van der Waals surface area contributed by atoms with E-state index in [0.717, 1.165) is 12.0 Å². The van der Waals surface area contributed by atoms with Crippen molar-refractivity contribution in [1.29, 1.82) is 0 Å². The summed E-state index contributed by atoms with van der Waals surface area (Å²) in [4.78, 5) is 0. The zero-order valence-corrected chi connectivity index (χ0v) is 13.6. The van der Waals surface area contributed by atoms with Gasteiger partial charge in [0.1, 0.15) is 0 Å². The van der Waals surface area contributed by atoms with Crippen molar-refractivity contribution in [3.05, 3.63) is 90.5 Å². The minimum Gasteiger partial charge on any atom is -0.387 e. The van der Waals surface area contributed by atoms with Crippen molar-refractivity contribution in [1.82, 2.24) is 5.32 Å². The zero-order chi connectivity index (χ0) is 16.5. The van der Waals surface area contributed by atoms with Crippen LogP contribution < -0.4 is 5.32 Å². The molecule has 2 rings (SSSR count). The topological polar surface area (TPSA) is 32.3 Å². The van der Waals surface area contributed by atoms with Crippen molar-refractivity contribution < 1.29 is 5.11 Å². The third kappa shape index (κ3) is 5.51. The Morgan fingerprint density at radius 1 is 1.04 bits per heavy atom. The third-order valence-electron chi connectivity index (χ3n) is 3.83. The summed E-state index contributed by atoms with van der Waals surface area (Å²) in [5, 5.41) is 14.0. The fourth-order valence-corrected chi connectivity index (χ4v) is 2.54. The van der Waals surface area contributed by atoms with Crippen molar-refractivity contribution in [2.45, 2.75) is 31.5 Å². The molecule has 0 saturated heterocycles. The highest BCUT2D eigenvalue weighted by molar-refractivity contribution is 5.49. The molecular formula is C21H25NO. The van der Waals surface area contributed by atoms with Gasteiger partial charge in [-0.3, -0.25) is 0 Å². The number of rotatable bonds is 8. The van der Waals surface area contributed by atoms with Gasteiger partial charge >= 0.3 is 0 Å². The molecule has 2 aromatic rings. The van der Waals surface area contributed by atoms with E-state index in [0.29, 0.717) is 0 Å². The maximum Gasteiger partial charge on any atom is 0.0940 e. The van der Waals surface area contributed by atoms with Gasteiger partial charge in [0.05, 0.1) is 6.10 Å². The Hall–Kier alpha value is -2.16. The summed E-state index contributed by atoms with van der Waals surface area (Å²) in [5.74, 6) is 0. The van der Waals surface area contributed by atoms with E-state index in [-0.39, 0.29) is 12.1 Å². The van der Waals surface area contributed by atoms with Gasteiger partial charge in [-0.15, -0.1) is 6.58 Å². The second-order valence-electron chi connectivity index (χ2n) is 5.71. The van der Waals surface area contributed by atoms with Crippen molar-refractivity contribution in [2.75, 3.05) is 0 Å². The lowest BCUT2D eigenvalue weighted by Gasteiger charge is -2.24. The Kier molecular flexibility index (Phi) is 6.79. The molecule has 0 aliphatic heterocycles. The fourth-order valence-electron chi connectivity index (χ4n) is 2.54. The van der Waals surface area contributed by atoms with Crippen LogP contribution in [0.15, 0.2) is 79.4 Å². The molecule has 0 aromatic heterocycles. The van der Waals surface area contributed by atoms with Gasteiger partial charge in [-0.2, -0.15) is 0 Å². The van der Waals surface area contributed by atoms with Crippen LogP contribution in [0.5, 0.6) is 0 Å². The lowest BCUT2D eigenvalue weighted by Crippen LogP contribution is -2.39. The van der Waals surface area contributed by atoms with Crippen LogP contribution >= 0.6 is 0 Å². The molecule has 0 heterocycles. The summed E-state index contributed by atoms with van der Waals surface area (Å²) in [6, 6.07) is 20.0. The molecule has 0 radical (unpaired) electrons. The highest BCUT2D eigenvalue weighted by Crippen LogP contribution is 2.17. The van der Waals surface area contributed by atoms with Gasteiger partial charge in [0.25, 0.3) is 0 Å². The molecule has 2 nitrogen and oxygen atoms in total. The first kappa shape index (κ1) is 17.2. The lowest BCUT2D eigenvalue weighted by atomic mass is 10.0. The molecule has 3 atom stereocenters. The highest BCUT2D eigenvalue weighted by Gasteiger charge is 2.18. The number of hydrogen-bond acceptors (Lipinski definition) is 2. The average Bonchev–Trinajstić information content (AvgIpc) is 2.61. The van der Waals surface area contributed by atoms with Crippen LogP contribution in [0, 0.1) is 0 Å². The summed E-state index contributed by atoms with van der Waals surface area (Å²) >= 11 is 0. The van der Waals surface area contributed by atoms with Crippen LogP contribution in [0.1, 0.15) is 30.6 Å². The van der Waals surface area contributed by atoms with E-state index in [9.17, 15) is 5.11 Å². The monoisotopic (exact) mass is 307 g/mol. The van der Waals surface area contributed by atoms with E-state index in [1.807, 2.05) is 61.5 Å². The summed E-state index contributed by atoms with van der Waals surface area (Å²) < 4.78 is 0. The summed E-state index contributed by atoms with van der Waals surface area (Å²) in [6.07, 6.45) is 6.41. The van der Waals surface area contributed by atoms with E-state index in [4.69, 9.17) is 0 Å². The van der Waals surface area contributed by atoms with Gasteiger partial charge in [0, 0.05) is 12.1 Å². The van der Waals surface area contributed by atoms with Crippen molar-refractivity contribution >= 4 is 6.08 Å². The normalized spacial score (nSPS) is 15.2. The molecule has 0 fully saturated rings. The standard InChI is InChI=1S/C21H25NO/c1-3-10-20(16-15-18-11-6-4-7-12-18)22-17(2)21(23)19-13-8-5-9-14-19/h3-9,11-17,20-23H,1,10H2,2H3/b16-15+/t17-,20-,21-/m0/s1. The molecule has 0 amide bonds. The van der Waals surface area contributed by atoms with Crippen molar-refractivity contribution in [2.24, 2.45) is 0 Å². The minimum atomic E-state index is -0.534. The smallest absolute Gasteiger partial charge is 0.0940 e. The van der Waals surface area contributed by atoms with Gasteiger partial charge in [-0.1, -0.05) is 78.9 Å². The van der Waals surface area contributed by atoms with Gasteiger partial charge < -0.3 is 10.4 Å². The number of hydrogen-bond donors (Lipinski definition) is 2. The van der Waals surface area contributed by atoms with Crippen LogP contribution in [0.4, 0.5) is 0 Å². The molecule has 120 valence electrons. The average molecular weight is 307 g/mol. The Morgan fingerprint density at radius 2 is 1.65 bits per heavy atom. The second-order valence-corrected chi connectivity index (χ2v) is 5.71. The Morgan fingerprint density at radius 3 is 2.26 bits per heavy atom. The first-order valence-corrected chi connectivity index (χ1v) is 8.04. The van der Waals surface area contributed by atoms with Gasteiger partial charge in [-0.05, 0) is 24.5 Å². The van der Waals surface area contributed by atoms with Crippen LogP contribution in [0.25, 0.3) is 6.08 Å². The molecule has 0 spiro atoms. The number of aliphatic hydroxyl groups excluding tert-OH is 1. The lowest BCUT2D eigenvalue weighted by molar-refractivity contribution is 0.132. The van der Waals surface area contributed by atoms with Crippen LogP contribution in [-0.4, -0.2) is 17.2 Å². The molecule has 0 aliphatic rings. The highest BCUT2D eigenvalue weighted by atomic mass is 16.3. The van der Waals surface area contributed by atoms with Crippen LogP contribution in [0.3, 0.4) is 0 Å². The SMILES string of the molecule is C=CC[C@@H](/C=C/c1ccccc1)N[C@@H](C)[C@H](O)c1ccccc1. The fraction of sp³-hybridized carbons (Fsp3) is 0.238. The predicted octanol–water partition coefficient (Wildman–Crippen LogP) is 4.36. The van der Waals surface area contributed by atoms with Crippen molar-refractivity contribution in [3.63, 3.8) is 0 Å². The van der Waals surface area contributed by atoms with Crippen molar-refractivity contribution in [3.8, 4) is 0 Å². The summed E-state index contributed by atoms with van der Waals surface area (Å²) in [6.45, 7) is 5.83. The van der Waals surface area contributed by atoms with E-state index in [1.165, 1.54) is 5.56 Å². The van der Waals surface area contributed by atoms with E-state index in [1.54, 1.807) is 0 Å². The predicted molar refractivity (Wildman–Crippen MR) is 98.1 cm³/mol. The maximum atomic E-state index is 10.5. The Labute approximate surface area is 139 Å². The second kappa shape index (κ2) is 9.09.